The highest BCUT2D eigenvalue weighted by molar-refractivity contribution is 5.92. The van der Waals surface area contributed by atoms with Crippen LogP contribution in [0.1, 0.15) is 61.1 Å². The predicted molar refractivity (Wildman–Crippen MR) is 140 cm³/mol. The highest BCUT2D eigenvalue weighted by Crippen LogP contribution is 2.38. The van der Waals surface area contributed by atoms with E-state index in [9.17, 15) is 9.59 Å². The minimum atomic E-state index is -0.151. The Kier molecular flexibility index (Phi) is 6.92. The standard InChI is InChI=1S/C28H39N5O3/c1-20-5-6-22(26(15-20)33-23-7-8-24(33)18-36-17-23)16-30(4)19-28(3)10-13-31(14-11-28)27(35)32-12-9-25(29-32)21(2)34/h5-6,9,12,15,23-24H,7-8,10-11,13-14,16-19H2,1-4H3. The summed E-state index contributed by atoms with van der Waals surface area (Å²) in [7, 11) is 2.22. The van der Waals surface area contributed by atoms with E-state index in [0.29, 0.717) is 30.9 Å². The number of aromatic nitrogens is 2. The van der Waals surface area contributed by atoms with Gasteiger partial charge in [0.05, 0.1) is 25.3 Å². The van der Waals surface area contributed by atoms with E-state index in [0.717, 1.165) is 39.1 Å². The first-order chi connectivity index (χ1) is 17.2. The monoisotopic (exact) mass is 493 g/mol. The molecule has 8 nitrogen and oxygen atoms in total. The van der Waals surface area contributed by atoms with Crippen LogP contribution < -0.4 is 4.90 Å². The summed E-state index contributed by atoms with van der Waals surface area (Å²) in [4.78, 5) is 31.3. The Morgan fingerprint density at radius 3 is 2.47 bits per heavy atom. The molecule has 2 unspecified atom stereocenters. The van der Waals surface area contributed by atoms with Crippen molar-refractivity contribution in [3.63, 3.8) is 0 Å². The summed E-state index contributed by atoms with van der Waals surface area (Å²) in [5.74, 6) is -0.131. The van der Waals surface area contributed by atoms with Crippen LogP contribution in [0.4, 0.5) is 10.5 Å². The number of benzene rings is 1. The zero-order valence-electron chi connectivity index (χ0n) is 22.1. The van der Waals surface area contributed by atoms with Crippen LogP contribution in [-0.2, 0) is 11.3 Å². The minimum Gasteiger partial charge on any atom is -0.377 e. The van der Waals surface area contributed by atoms with Crippen molar-refractivity contribution in [1.29, 1.82) is 0 Å². The lowest BCUT2D eigenvalue weighted by Crippen LogP contribution is -2.47. The van der Waals surface area contributed by atoms with Crippen LogP contribution in [0.3, 0.4) is 0 Å². The molecule has 4 heterocycles. The fourth-order valence-corrected chi connectivity index (χ4v) is 6.23. The molecular weight excluding hydrogens is 454 g/mol. The van der Waals surface area contributed by atoms with E-state index in [-0.39, 0.29) is 17.2 Å². The van der Waals surface area contributed by atoms with Crippen LogP contribution in [0, 0.1) is 12.3 Å². The van der Waals surface area contributed by atoms with E-state index in [1.54, 1.807) is 12.3 Å². The number of nitrogens with zero attached hydrogens (tertiary/aromatic N) is 5. The molecular formula is C28H39N5O3. The molecule has 3 saturated heterocycles. The van der Waals surface area contributed by atoms with Gasteiger partial charge in [-0.2, -0.15) is 9.78 Å². The first-order valence-corrected chi connectivity index (χ1v) is 13.2. The van der Waals surface area contributed by atoms with Gasteiger partial charge < -0.3 is 19.4 Å². The van der Waals surface area contributed by atoms with Crippen molar-refractivity contribution in [2.45, 2.75) is 65.1 Å². The highest BCUT2D eigenvalue weighted by Gasteiger charge is 2.39. The summed E-state index contributed by atoms with van der Waals surface area (Å²) < 4.78 is 7.13. The van der Waals surface area contributed by atoms with E-state index in [1.807, 2.05) is 4.90 Å². The van der Waals surface area contributed by atoms with Crippen molar-refractivity contribution in [2.75, 3.05) is 44.8 Å². The number of piperidine rings is 1. The van der Waals surface area contributed by atoms with Crippen LogP contribution >= 0.6 is 0 Å². The smallest absolute Gasteiger partial charge is 0.344 e. The van der Waals surface area contributed by atoms with Crippen molar-refractivity contribution in [1.82, 2.24) is 19.6 Å². The topological polar surface area (TPSA) is 70.9 Å². The molecule has 1 aromatic heterocycles. The van der Waals surface area contributed by atoms with Crippen LogP contribution in [0.25, 0.3) is 0 Å². The Labute approximate surface area is 214 Å². The molecule has 2 atom stereocenters. The normalized spacial score (nSPS) is 23.4. The van der Waals surface area contributed by atoms with Gasteiger partial charge in [0.25, 0.3) is 0 Å². The van der Waals surface area contributed by atoms with Gasteiger partial charge in [0.2, 0.25) is 0 Å². The van der Waals surface area contributed by atoms with Gasteiger partial charge in [-0.1, -0.05) is 19.1 Å². The van der Waals surface area contributed by atoms with Crippen molar-refractivity contribution >= 4 is 17.5 Å². The maximum absolute atomic E-state index is 12.9. The molecule has 0 saturated carbocycles. The van der Waals surface area contributed by atoms with Gasteiger partial charge in [0.15, 0.2) is 5.78 Å². The van der Waals surface area contributed by atoms with E-state index >= 15 is 0 Å². The van der Waals surface area contributed by atoms with Crippen molar-refractivity contribution in [3.05, 3.63) is 47.3 Å². The van der Waals surface area contributed by atoms with Gasteiger partial charge in [-0.05, 0) is 68.3 Å². The molecule has 0 aliphatic carbocycles. The second kappa shape index (κ2) is 9.98. The van der Waals surface area contributed by atoms with Crippen molar-refractivity contribution in [3.8, 4) is 0 Å². The Bertz CT molecular complexity index is 1100. The van der Waals surface area contributed by atoms with Gasteiger partial charge in [0.1, 0.15) is 5.69 Å². The largest absolute Gasteiger partial charge is 0.377 e. The highest BCUT2D eigenvalue weighted by atomic mass is 16.5. The van der Waals surface area contributed by atoms with Crippen LogP contribution in [-0.4, -0.2) is 83.4 Å². The second-order valence-corrected chi connectivity index (χ2v) is 11.4. The Morgan fingerprint density at radius 1 is 1.14 bits per heavy atom. The Morgan fingerprint density at radius 2 is 1.83 bits per heavy atom. The number of morpholine rings is 1. The molecule has 1 aromatic carbocycles. The zero-order valence-corrected chi connectivity index (χ0v) is 22.1. The minimum absolute atomic E-state index is 0.131. The molecule has 2 bridgehead atoms. The predicted octanol–water partition coefficient (Wildman–Crippen LogP) is 3.96. The number of ketones is 1. The maximum Gasteiger partial charge on any atom is 0.344 e. The average molecular weight is 494 g/mol. The number of hydrogen-bond acceptors (Lipinski definition) is 6. The number of amides is 1. The molecule has 0 N–H and O–H groups in total. The molecule has 3 aliphatic heterocycles. The number of likely N-dealkylation sites (tertiary alicyclic amines) is 1. The molecule has 0 radical (unpaired) electrons. The molecule has 194 valence electrons. The second-order valence-electron chi connectivity index (χ2n) is 11.4. The number of carbonyl (C=O) groups excluding carboxylic acids is 2. The molecule has 1 amide bonds. The average Bonchev–Trinajstić information content (AvgIpc) is 3.43. The molecule has 3 fully saturated rings. The summed E-state index contributed by atoms with van der Waals surface area (Å²) >= 11 is 0. The number of aryl methyl sites for hydroxylation is 1. The Hall–Kier alpha value is -2.71. The van der Waals surface area contributed by atoms with E-state index < -0.39 is 0 Å². The van der Waals surface area contributed by atoms with Gasteiger partial charge in [-0.3, -0.25) is 4.79 Å². The van der Waals surface area contributed by atoms with Gasteiger partial charge in [-0.15, -0.1) is 0 Å². The number of hydrogen-bond donors (Lipinski definition) is 0. The van der Waals surface area contributed by atoms with Crippen LogP contribution in [0.15, 0.2) is 30.5 Å². The van der Waals surface area contributed by atoms with E-state index in [1.165, 1.54) is 41.3 Å². The molecule has 2 aromatic rings. The third kappa shape index (κ3) is 5.06. The summed E-state index contributed by atoms with van der Waals surface area (Å²) in [5, 5.41) is 4.14. The quantitative estimate of drug-likeness (QED) is 0.568. The zero-order chi connectivity index (χ0) is 25.4. The van der Waals surface area contributed by atoms with Crippen LogP contribution in [0.5, 0.6) is 0 Å². The molecule has 5 rings (SSSR count). The molecule has 3 aliphatic rings. The number of carbonyl (C=O) groups is 2. The molecule has 36 heavy (non-hydrogen) atoms. The third-order valence-electron chi connectivity index (χ3n) is 8.24. The third-order valence-corrected chi connectivity index (χ3v) is 8.24. The summed E-state index contributed by atoms with van der Waals surface area (Å²) in [6.07, 6.45) is 5.91. The lowest BCUT2D eigenvalue weighted by Gasteiger charge is -2.42. The maximum atomic E-state index is 12.9. The van der Waals surface area contributed by atoms with Gasteiger partial charge in [-0.25, -0.2) is 4.79 Å². The molecule has 8 heteroatoms. The molecule has 0 spiro atoms. The van der Waals surface area contributed by atoms with Gasteiger partial charge in [0, 0.05) is 45.0 Å². The SMILES string of the molecule is CC(=O)c1ccn(C(=O)N2CCC(C)(CN(C)Cc3ccc(C)cc3N3C4CCC3COC4)CC2)n1. The number of fused-ring (bicyclic) bond motifs is 2. The number of anilines is 1. The van der Waals surface area contributed by atoms with Crippen LogP contribution in [0.2, 0.25) is 0 Å². The van der Waals surface area contributed by atoms with Crippen molar-refractivity contribution < 1.29 is 14.3 Å². The van der Waals surface area contributed by atoms with Gasteiger partial charge >= 0.3 is 6.03 Å². The number of rotatable bonds is 6. The summed E-state index contributed by atoms with van der Waals surface area (Å²) in [6.45, 7) is 10.9. The lowest BCUT2D eigenvalue weighted by atomic mass is 9.80. The number of Topliss-reactive ketones (excluding diaryl/α,β-unsaturated/α-hetero) is 1. The first kappa shape index (κ1) is 25.0. The summed E-state index contributed by atoms with van der Waals surface area (Å²) in [5.41, 5.74) is 4.54. The summed E-state index contributed by atoms with van der Waals surface area (Å²) in [6, 6.07) is 9.34. The van der Waals surface area contributed by atoms with Crippen molar-refractivity contribution in [2.24, 2.45) is 5.41 Å². The Balaban J connectivity index is 1.21. The van der Waals surface area contributed by atoms with E-state index in [2.05, 4.69) is 54.0 Å². The first-order valence-electron chi connectivity index (χ1n) is 13.2. The number of ether oxygens (including phenoxy) is 1. The lowest BCUT2D eigenvalue weighted by molar-refractivity contribution is 0.0894. The fraction of sp³-hybridized carbons (Fsp3) is 0.607. The fourth-order valence-electron chi connectivity index (χ4n) is 6.23. The van der Waals surface area contributed by atoms with E-state index in [4.69, 9.17) is 4.74 Å².